The normalized spacial score (nSPS) is 18.2. The molecule has 0 unspecified atom stereocenters. The number of likely N-dealkylation sites (tertiary alicyclic amines) is 1. The second kappa shape index (κ2) is 10.1. The topological polar surface area (TPSA) is 56.8 Å². The van der Waals surface area contributed by atoms with E-state index in [1.165, 1.54) is 10.5 Å². The van der Waals surface area contributed by atoms with Crippen LogP contribution in [0.5, 0.6) is 0 Å². The average Bonchev–Trinajstić information content (AvgIpc) is 3.45. The van der Waals surface area contributed by atoms with Gasteiger partial charge >= 0.3 is 6.03 Å². The zero-order chi connectivity index (χ0) is 23.4. The number of imide groups is 1. The molecule has 0 atom stereocenters. The van der Waals surface area contributed by atoms with Gasteiger partial charge in [-0.25, -0.2) is 4.79 Å². The molecule has 34 heavy (non-hydrogen) atoms. The Morgan fingerprint density at radius 3 is 2.41 bits per heavy atom. The third-order valence-electron chi connectivity index (χ3n) is 7.04. The van der Waals surface area contributed by atoms with Gasteiger partial charge in [-0.15, -0.1) is 0 Å². The molecule has 2 aliphatic rings. The number of amides is 3. The summed E-state index contributed by atoms with van der Waals surface area (Å²) in [4.78, 5) is 37.3. The molecule has 7 heteroatoms. The van der Waals surface area contributed by atoms with Gasteiger partial charge in [0.2, 0.25) is 0 Å². The number of pyridine rings is 1. The standard InChI is InChI=1S/C27H30N4O2S/c32-25-27(11-15-29(16-12-27)19-24-10-17-34-21-24)31(20-23-6-2-1-3-7-23)26(33)30(25)14-5-9-22-8-4-13-28-18-22/h1-4,6-8,10,13,17-18,21H,5,9,11-12,14-16,19-20H2. The van der Waals surface area contributed by atoms with Crippen molar-refractivity contribution in [2.75, 3.05) is 19.6 Å². The van der Waals surface area contributed by atoms with E-state index in [1.807, 2.05) is 53.6 Å². The number of hydrogen-bond acceptors (Lipinski definition) is 5. The van der Waals surface area contributed by atoms with Crippen LogP contribution in [-0.2, 0) is 24.3 Å². The minimum Gasteiger partial charge on any atom is -0.305 e. The smallest absolute Gasteiger partial charge is 0.305 e. The Kier molecular flexibility index (Phi) is 6.74. The van der Waals surface area contributed by atoms with Crippen molar-refractivity contribution in [1.29, 1.82) is 0 Å². The first kappa shape index (κ1) is 22.7. The Morgan fingerprint density at radius 1 is 0.912 bits per heavy atom. The molecule has 0 bridgehead atoms. The third-order valence-corrected chi connectivity index (χ3v) is 7.78. The molecule has 0 aliphatic carbocycles. The Balaban J connectivity index is 1.32. The summed E-state index contributed by atoms with van der Waals surface area (Å²) in [7, 11) is 0. The van der Waals surface area contributed by atoms with E-state index in [4.69, 9.17) is 0 Å². The maximum atomic E-state index is 13.8. The van der Waals surface area contributed by atoms with Gasteiger partial charge in [0, 0.05) is 45.1 Å². The molecule has 6 nitrogen and oxygen atoms in total. The third kappa shape index (κ3) is 4.63. The molecule has 176 valence electrons. The molecular formula is C27H30N4O2S. The number of hydrogen-bond donors (Lipinski definition) is 0. The fourth-order valence-corrected chi connectivity index (χ4v) is 5.82. The van der Waals surface area contributed by atoms with Crippen molar-refractivity contribution in [3.05, 3.63) is 88.4 Å². The number of carbonyl (C=O) groups is 2. The molecule has 1 spiro atoms. The lowest BCUT2D eigenvalue weighted by Crippen LogP contribution is -2.56. The van der Waals surface area contributed by atoms with Crippen molar-refractivity contribution in [3.8, 4) is 0 Å². The number of nitrogens with zero attached hydrogens (tertiary/aromatic N) is 4. The second-order valence-electron chi connectivity index (χ2n) is 9.22. The Labute approximate surface area is 204 Å². The van der Waals surface area contributed by atoms with Gasteiger partial charge < -0.3 is 4.90 Å². The Hall–Kier alpha value is -3.03. The molecular weight excluding hydrogens is 444 g/mol. The van der Waals surface area contributed by atoms with Gasteiger partial charge in [0.15, 0.2) is 0 Å². The first-order chi connectivity index (χ1) is 16.7. The number of piperidine rings is 1. The van der Waals surface area contributed by atoms with Gasteiger partial charge in [-0.05, 0) is 65.3 Å². The van der Waals surface area contributed by atoms with Crippen LogP contribution in [0.2, 0.25) is 0 Å². The molecule has 4 heterocycles. The summed E-state index contributed by atoms with van der Waals surface area (Å²) >= 11 is 1.71. The van der Waals surface area contributed by atoms with Crippen molar-refractivity contribution in [2.24, 2.45) is 0 Å². The van der Waals surface area contributed by atoms with Gasteiger partial charge in [-0.2, -0.15) is 11.3 Å². The van der Waals surface area contributed by atoms with E-state index in [0.717, 1.165) is 43.6 Å². The van der Waals surface area contributed by atoms with Crippen molar-refractivity contribution in [2.45, 2.75) is 44.3 Å². The fourth-order valence-electron chi connectivity index (χ4n) is 5.16. The van der Waals surface area contributed by atoms with Crippen LogP contribution in [0.4, 0.5) is 4.79 Å². The van der Waals surface area contributed by atoms with Crippen LogP contribution >= 0.6 is 11.3 Å². The van der Waals surface area contributed by atoms with E-state index in [-0.39, 0.29) is 11.9 Å². The van der Waals surface area contributed by atoms with Crippen LogP contribution in [0.25, 0.3) is 0 Å². The number of aromatic nitrogens is 1. The molecule has 3 aromatic rings. The molecule has 0 N–H and O–H groups in total. The predicted molar refractivity (Wildman–Crippen MR) is 133 cm³/mol. The highest BCUT2D eigenvalue weighted by Gasteiger charge is 2.57. The molecule has 1 aromatic carbocycles. The SMILES string of the molecule is O=C1N(CCCc2cccnc2)C(=O)C2(CCN(Cc3ccsc3)CC2)N1Cc1ccccc1. The van der Waals surface area contributed by atoms with Gasteiger partial charge in [-0.3, -0.25) is 19.6 Å². The summed E-state index contributed by atoms with van der Waals surface area (Å²) < 4.78 is 0. The lowest BCUT2D eigenvalue weighted by Gasteiger charge is -2.42. The quantitative estimate of drug-likeness (QED) is 0.449. The number of thiophene rings is 1. The van der Waals surface area contributed by atoms with Gasteiger partial charge in [0.05, 0.1) is 0 Å². The molecule has 0 saturated carbocycles. The number of aryl methyl sites for hydroxylation is 1. The highest BCUT2D eigenvalue weighted by molar-refractivity contribution is 7.07. The van der Waals surface area contributed by atoms with Crippen LogP contribution in [0.3, 0.4) is 0 Å². The molecule has 3 amide bonds. The van der Waals surface area contributed by atoms with E-state index in [1.54, 1.807) is 17.5 Å². The number of carbonyl (C=O) groups excluding carboxylic acids is 2. The van der Waals surface area contributed by atoms with E-state index in [9.17, 15) is 9.59 Å². The summed E-state index contributed by atoms with van der Waals surface area (Å²) in [6.07, 6.45) is 6.49. The number of rotatable bonds is 8. The first-order valence-corrected chi connectivity index (χ1v) is 12.9. The van der Waals surface area contributed by atoms with Crippen LogP contribution in [0.1, 0.15) is 36.0 Å². The Morgan fingerprint density at radius 2 is 1.71 bits per heavy atom. The zero-order valence-electron chi connectivity index (χ0n) is 19.3. The second-order valence-corrected chi connectivity index (χ2v) is 10.00. The van der Waals surface area contributed by atoms with Crippen LogP contribution in [-0.4, -0.2) is 56.8 Å². The van der Waals surface area contributed by atoms with Crippen LogP contribution in [0.15, 0.2) is 71.7 Å². The highest BCUT2D eigenvalue weighted by atomic mass is 32.1. The summed E-state index contributed by atoms with van der Waals surface area (Å²) in [5.41, 5.74) is 2.75. The Bertz CT molecular complexity index is 1100. The molecule has 2 fully saturated rings. The summed E-state index contributed by atoms with van der Waals surface area (Å²) in [6.45, 7) is 3.43. The largest absolute Gasteiger partial charge is 0.327 e. The number of urea groups is 1. The molecule has 2 aromatic heterocycles. The van der Waals surface area contributed by atoms with Crippen molar-refractivity contribution < 1.29 is 9.59 Å². The van der Waals surface area contributed by atoms with Gasteiger partial charge in [0.1, 0.15) is 5.54 Å². The van der Waals surface area contributed by atoms with Gasteiger partial charge in [-0.1, -0.05) is 36.4 Å². The maximum absolute atomic E-state index is 13.8. The van der Waals surface area contributed by atoms with Crippen LogP contribution < -0.4 is 0 Å². The van der Waals surface area contributed by atoms with Crippen molar-refractivity contribution in [3.63, 3.8) is 0 Å². The minimum atomic E-state index is -0.744. The summed E-state index contributed by atoms with van der Waals surface area (Å²) in [5, 5.41) is 4.28. The predicted octanol–water partition coefficient (Wildman–Crippen LogP) is 4.57. The first-order valence-electron chi connectivity index (χ1n) is 12.0. The van der Waals surface area contributed by atoms with Crippen LogP contribution in [0, 0.1) is 0 Å². The highest BCUT2D eigenvalue weighted by Crippen LogP contribution is 2.39. The van der Waals surface area contributed by atoms with E-state index in [2.05, 4.69) is 26.7 Å². The maximum Gasteiger partial charge on any atom is 0.327 e. The fraction of sp³-hybridized carbons (Fsp3) is 0.370. The van der Waals surface area contributed by atoms with E-state index >= 15 is 0 Å². The summed E-state index contributed by atoms with van der Waals surface area (Å²) in [5.74, 6) is -0.0187. The number of benzene rings is 1. The lowest BCUT2D eigenvalue weighted by molar-refractivity contribution is -0.136. The van der Waals surface area contributed by atoms with Gasteiger partial charge in [0.25, 0.3) is 5.91 Å². The lowest BCUT2D eigenvalue weighted by atomic mass is 9.85. The van der Waals surface area contributed by atoms with Crippen molar-refractivity contribution in [1.82, 2.24) is 19.7 Å². The molecule has 2 aliphatic heterocycles. The monoisotopic (exact) mass is 474 g/mol. The van der Waals surface area contributed by atoms with E-state index in [0.29, 0.717) is 25.9 Å². The van der Waals surface area contributed by atoms with Crippen molar-refractivity contribution >= 4 is 23.3 Å². The zero-order valence-corrected chi connectivity index (χ0v) is 20.1. The summed E-state index contributed by atoms with van der Waals surface area (Å²) in [6, 6.07) is 16.0. The average molecular weight is 475 g/mol. The van der Waals surface area contributed by atoms with E-state index < -0.39 is 5.54 Å². The molecule has 0 radical (unpaired) electrons. The molecule has 5 rings (SSSR count). The minimum absolute atomic E-state index is 0.0187. The molecule has 2 saturated heterocycles.